The van der Waals surface area contributed by atoms with Crippen LogP contribution in [-0.4, -0.2) is 29.9 Å². The highest BCUT2D eigenvalue weighted by molar-refractivity contribution is 6.32. The van der Waals surface area contributed by atoms with Gasteiger partial charge in [0.1, 0.15) is 11.5 Å². The van der Waals surface area contributed by atoms with Gasteiger partial charge in [-0.15, -0.1) is 0 Å². The zero-order valence-electron chi connectivity index (χ0n) is 10.4. The number of carbonyl (C=O) groups is 1. The lowest BCUT2D eigenvalue weighted by atomic mass is 10.0. The molecule has 0 aliphatic heterocycles. The molecular weight excluding hydrogens is 260 g/mol. The molecule has 0 aliphatic carbocycles. The van der Waals surface area contributed by atoms with Crippen LogP contribution in [0.5, 0.6) is 11.5 Å². The van der Waals surface area contributed by atoms with Gasteiger partial charge in [-0.1, -0.05) is 11.6 Å². The summed E-state index contributed by atoms with van der Waals surface area (Å²) >= 11 is 5.93. The molecule has 5 nitrogen and oxygen atoms in total. The maximum Gasteiger partial charge on any atom is 0.339 e. The van der Waals surface area contributed by atoms with Crippen molar-refractivity contribution in [1.82, 2.24) is 0 Å². The van der Waals surface area contributed by atoms with E-state index in [9.17, 15) is 15.0 Å². The fourth-order valence-electron chi connectivity index (χ4n) is 1.58. The molecule has 2 N–H and O–H groups in total. The van der Waals surface area contributed by atoms with Gasteiger partial charge < -0.3 is 19.7 Å². The summed E-state index contributed by atoms with van der Waals surface area (Å²) in [7, 11) is 1.41. The molecule has 0 bridgehead atoms. The van der Waals surface area contributed by atoms with Crippen molar-refractivity contribution in [2.75, 3.05) is 13.7 Å². The summed E-state index contributed by atoms with van der Waals surface area (Å²) in [6.45, 7) is 3.33. The summed E-state index contributed by atoms with van der Waals surface area (Å²) in [4.78, 5) is 11.4. The number of phenols is 1. The number of methoxy groups -OCH3 is 1. The van der Waals surface area contributed by atoms with Crippen molar-refractivity contribution < 1.29 is 24.5 Å². The van der Waals surface area contributed by atoms with Crippen LogP contribution < -0.4 is 4.74 Å². The van der Waals surface area contributed by atoms with Crippen LogP contribution in [0.25, 0.3) is 0 Å². The molecule has 100 valence electrons. The number of ether oxygens (including phenoxy) is 2. The van der Waals surface area contributed by atoms with Crippen molar-refractivity contribution in [3.8, 4) is 11.5 Å². The van der Waals surface area contributed by atoms with Crippen LogP contribution in [-0.2, 0) is 9.53 Å². The Morgan fingerprint density at radius 2 is 2.17 bits per heavy atom. The Morgan fingerprint density at radius 3 is 2.67 bits per heavy atom. The van der Waals surface area contributed by atoms with E-state index in [0.717, 1.165) is 0 Å². The second kappa shape index (κ2) is 5.93. The lowest BCUT2D eigenvalue weighted by molar-refractivity contribution is -0.153. The van der Waals surface area contributed by atoms with Crippen molar-refractivity contribution in [1.29, 1.82) is 0 Å². The predicted octanol–water partition coefficient (Wildman–Crippen LogP) is 1.96. The molecule has 0 amide bonds. The number of phenolic OH excluding ortho intramolecular Hbond substituents is 1. The van der Waals surface area contributed by atoms with Crippen LogP contribution in [0.1, 0.15) is 24.2 Å². The highest BCUT2D eigenvalue weighted by Crippen LogP contribution is 2.39. The van der Waals surface area contributed by atoms with Crippen molar-refractivity contribution >= 4 is 17.6 Å². The van der Waals surface area contributed by atoms with Gasteiger partial charge in [-0.3, -0.25) is 0 Å². The Hall–Kier alpha value is -1.46. The summed E-state index contributed by atoms with van der Waals surface area (Å²) in [5.74, 6) is -0.779. The number of esters is 1. The van der Waals surface area contributed by atoms with Gasteiger partial charge in [-0.25, -0.2) is 4.79 Å². The van der Waals surface area contributed by atoms with E-state index in [1.165, 1.54) is 13.2 Å². The maximum atomic E-state index is 11.4. The van der Waals surface area contributed by atoms with Gasteiger partial charge in [0.15, 0.2) is 6.10 Å². The second-order valence-electron chi connectivity index (χ2n) is 3.61. The first-order valence-corrected chi connectivity index (χ1v) is 5.72. The molecular formula is C12H15ClO5. The molecule has 1 unspecified atom stereocenters. The number of hydrogen-bond acceptors (Lipinski definition) is 5. The largest absolute Gasteiger partial charge is 0.507 e. The highest BCUT2D eigenvalue weighted by atomic mass is 35.5. The number of halogens is 1. The Bertz CT molecular complexity index is 458. The summed E-state index contributed by atoms with van der Waals surface area (Å²) in [5, 5.41) is 19.9. The predicted molar refractivity (Wildman–Crippen MR) is 66.0 cm³/mol. The van der Waals surface area contributed by atoms with Gasteiger partial charge in [0.2, 0.25) is 0 Å². The van der Waals surface area contributed by atoms with Gasteiger partial charge in [-0.05, 0) is 19.9 Å². The summed E-state index contributed by atoms with van der Waals surface area (Å²) in [5.41, 5.74) is 0.347. The lowest BCUT2D eigenvalue weighted by Crippen LogP contribution is -2.16. The number of benzene rings is 1. The second-order valence-corrected chi connectivity index (χ2v) is 4.02. The van der Waals surface area contributed by atoms with Gasteiger partial charge in [0.05, 0.1) is 18.7 Å². The molecule has 0 spiro atoms. The van der Waals surface area contributed by atoms with E-state index in [1.807, 2.05) is 0 Å². The quantitative estimate of drug-likeness (QED) is 0.821. The van der Waals surface area contributed by atoms with Crippen LogP contribution in [0.4, 0.5) is 0 Å². The zero-order chi connectivity index (χ0) is 13.9. The van der Waals surface area contributed by atoms with Crippen LogP contribution in [0, 0.1) is 6.92 Å². The van der Waals surface area contributed by atoms with Crippen LogP contribution in [0.2, 0.25) is 5.02 Å². The summed E-state index contributed by atoms with van der Waals surface area (Å²) in [6.07, 6.45) is -1.58. The first kappa shape index (κ1) is 14.6. The van der Waals surface area contributed by atoms with Crippen molar-refractivity contribution in [2.24, 2.45) is 0 Å². The van der Waals surface area contributed by atoms with Crippen molar-refractivity contribution in [2.45, 2.75) is 20.0 Å². The molecule has 1 aromatic carbocycles. The number of rotatable bonds is 4. The Morgan fingerprint density at radius 1 is 1.56 bits per heavy atom. The SMILES string of the molecule is CCOC(=O)C(O)c1cc(Cl)c(OC)c(C)c1O. The molecule has 0 fully saturated rings. The maximum absolute atomic E-state index is 11.4. The summed E-state index contributed by atoms with van der Waals surface area (Å²) < 4.78 is 9.68. The van der Waals surface area contributed by atoms with E-state index in [2.05, 4.69) is 4.74 Å². The molecule has 1 atom stereocenters. The number of aliphatic hydroxyl groups excluding tert-OH is 1. The smallest absolute Gasteiger partial charge is 0.339 e. The minimum Gasteiger partial charge on any atom is -0.507 e. The standard InChI is InChI=1S/C12H15ClO5/c1-4-18-12(16)10(15)7-5-8(13)11(17-3)6(2)9(7)14/h5,10,14-15H,4H2,1-3H3. The van der Waals surface area contributed by atoms with E-state index in [4.69, 9.17) is 16.3 Å². The molecule has 1 rings (SSSR count). The van der Waals surface area contributed by atoms with Gasteiger partial charge in [0.25, 0.3) is 0 Å². The third-order valence-corrected chi connectivity index (χ3v) is 2.76. The molecule has 0 heterocycles. The van der Waals surface area contributed by atoms with E-state index in [1.54, 1.807) is 13.8 Å². The Balaban J connectivity index is 3.22. The molecule has 0 aliphatic rings. The average molecular weight is 275 g/mol. The van der Waals surface area contributed by atoms with E-state index >= 15 is 0 Å². The average Bonchev–Trinajstić information content (AvgIpc) is 2.34. The van der Waals surface area contributed by atoms with Crippen molar-refractivity contribution in [3.63, 3.8) is 0 Å². The van der Waals surface area contributed by atoms with Crippen molar-refractivity contribution in [3.05, 3.63) is 22.2 Å². The summed E-state index contributed by atoms with van der Waals surface area (Å²) in [6, 6.07) is 1.28. The molecule has 18 heavy (non-hydrogen) atoms. The van der Waals surface area contributed by atoms with Crippen LogP contribution in [0.3, 0.4) is 0 Å². The molecule has 0 radical (unpaired) electrons. The molecule has 0 aromatic heterocycles. The fourth-order valence-corrected chi connectivity index (χ4v) is 1.92. The molecule has 1 aromatic rings. The van der Waals surface area contributed by atoms with Gasteiger partial charge >= 0.3 is 5.97 Å². The van der Waals surface area contributed by atoms with Crippen LogP contribution in [0.15, 0.2) is 6.07 Å². The molecule has 0 saturated heterocycles. The first-order chi connectivity index (χ1) is 8.43. The van der Waals surface area contributed by atoms with E-state index in [0.29, 0.717) is 11.3 Å². The minimum atomic E-state index is -1.58. The van der Waals surface area contributed by atoms with Gasteiger partial charge in [-0.2, -0.15) is 0 Å². The van der Waals surface area contributed by atoms with Crippen LogP contribution >= 0.6 is 11.6 Å². The molecule has 6 heteroatoms. The molecule has 0 saturated carbocycles. The Kier molecular flexibility index (Phi) is 4.81. The number of hydrogen-bond donors (Lipinski definition) is 2. The topological polar surface area (TPSA) is 76.0 Å². The van der Waals surface area contributed by atoms with E-state index in [-0.39, 0.29) is 22.9 Å². The fraction of sp³-hybridized carbons (Fsp3) is 0.417. The normalized spacial score (nSPS) is 12.1. The monoisotopic (exact) mass is 274 g/mol. The Labute approximate surface area is 110 Å². The number of aromatic hydroxyl groups is 1. The number of aliphatic hydroxyl groups is 1. The lowest BCUT2D eigenvalue weighted by Gasteiger charge is -2.16. The highest BCUT2D eigenvalue weighted by Gasteiger charge is 2.25. The third kappa shape index (κ3) is 2.68. The first-order valence-electron chi connectivity index (χ1n) is 5.34. The number of carbonyl (C=O) groups excluding carboxylic acids is 1. The zero-order valence-corrected chi connectivity index (χ0v) is 11.1. The van der Waals surface area contributed by atoms with E-state index < -0.39 is 12.1 Å². The van der Waals surface area contributed by atoms with Gasteiger partial charge in [0, 0.05) is 11.1 Å². The third-order valence-electron chi connectivity index (χ3n) is 2.48. The minimum absolute atomic E-state index is 0.00301.